The highest BCUT2D eigenvalue weighted by Crippen LogP contribution is 2.34. The Balaban J connectivity index is 2.31. The fraction of sp³-hybridized carbons (Fsp3) is 0.500. The predicted octanol–water partition coefficient (Wildman–Crippen LogP) is 4.17. The highest BCUT2D eigenvalue weighted by atomic mass is 35.5. The van der Waals surface area contributed by atoms with E-state index in [9.17, 15) is 13.2 Å². The number of hydrogen-bond donors (Lipinski definition) is 1. The highest BCUT2D eigenvalue weighted by Gasteiger charge is 2.31. The van der Waals surface area contributed by atoms with Crippen molar-refractivity contribution in [3.8, 4) is 0 Å². The van der Waals surface area contributed by atoms with Crippen molar-refractivity contribution in [3.63, 3.8) is 0 Å². The number of piperidine rings is 1. The second-order valence-electron chi connectivity index (χ2n) is 4.27. The van der Waals surface area contributed by atoms with Crippen LogP contribution in [0.4, 0.5) is 13.2 Å². The smallest absolute Gasteiger partial charge is 0.310 e. The van der Waals surface area contributed by atoms with Crippen LogP contribution in [0.15, 0.2) is 18.2 Å². The van der Waals surface area contributed by atoms with Crippen LogP contribution in [0.1, 0.15) is 36.4 Å². The molecule has 1 aliphatic rings. The zero-order valence-electron chi connectivity index (χ0n) is 9.15. The monoisotopic (exact) mass is 263 g/mol. The topological polar surface area (TPSA) is 12.0 Å². The Labute approximate surface area is 103 Å². The normalized spacial score (nSPS) is 21.5. The maximum absolute atomic E-state index is 12.6. The SMILES string of the molecule is FC(F)(F)c1cc(Cl)cc([C@@H]2CCCCN2)c1. The maximum Gasteiger partial charge on any atom is 0.416 e. The fourth-order valence-corrected chi connectivity index (χ4v) is 2.36. The van der Waals surface area contributed by atoms with Gasteiger partial charge < -0.3 is 5.32 Å². The Kier molecular flexibility index (Phi) is 3.64. The summed E-state index contributed by atoms with van der Waals surface area (Å²) < 4.78 is 37.9. The van der Waals surface area contributed by atoms with Crippen molar-refractivity contribution in [2.24, 2.45) is 0 Å². The average Bonchev–Trinajstić information content (AvgIpc) is 2.28. The second-order valence-corrected chi connectivity index (χ2v) is 4.71. The van der Waals surface area contributed by atoms with Crippen LogP contribution in [0.5, 0.6) is 0 Å². The summed E-state index contributed by atoms with van der Waals surface area (Å²) in [5, 5.41) is 3.36. The number of halogens is 4. The van der Waals surface area contributed by atoms with E-state index in [2.05, 4.69) is 5.32 Å². The van der Waals surface area contributed by atoms with E-state index >= 15 is 0 Å². The summed E-state index contributed by atoms with van der Waals surface area (Å²) in [4.78, 5) is 0. The fourth-order valence-electron chi connectivity index (χ4n) is 2.11. The van der Waals surface area contributed by atoms with Gasteiger partial charge in [0.1, 0.15) is 0 Å². The highest BCUT2D eigenvalue weighted by molar-refractivity contribution is 6.30. The van der Waals surface area contributed by atoms with E-state index in [4.69, 9.17) is 11.6 Å². The van der Waals surface area contributed by atoms with Crippen molar-refractivity contribution < 1.29 is 13.2 Å². The Morgan fingerprint density at radius 1 is 1.18 bits per heavy atom. The molecule has 1 aliphatic heterocycles. The third kappa shape index (κ3) is 3.13. The minimum Gasteiger partial charge on any atom is -0.310 e. The first kappa shape index (κ1) is 12.7. The van der Waals surface area contributed by atoms with Gasteiger partial charge in [0.25, 0.3) is 0 Å². The summed E-state index contributed by atoms with van der Waals surface area (Å²) >= 11 is 5.75. The molecule has 0 aliphatic carbocycles. The summed E-state index contributed by atoms with van der Waals surface area (Å²) in [5.74, 6) is 0. The first-order valence-electron chi connectivity index (χ1n) is 5.58. The van der Waals surface area contributed by atoms with E-state index in [1.165, 1.54) is 6.07 Å². The summed E-state index contributed by atoms with van der Waals surface area (Å²) in [5.41, 5.74) is -0.0445. The molecule has 5 heteroatoms. The van der Waals surface area contributed by atoms with Crippen LogP contribution in [0.25, 0.3) is 0 Å². The van der Waals surface area contributed by atoms with Crippen LogP contribution in [0.3, 0.4) is 0 Å². The van der Waals surface area contributed by atoms with Gasteiger partial charge in [-0.3, -0.25) is 0 Å². The van der Waals surface area contributed by atoms with Crippen LogP contribution in [-0.4, -0.2) is 6.54 Å². The van der Waals surface area contributed by atoms with Gasteiger partial charge in [-0.25, -0.2) is 0 Å². The molecule has 1 fully saturated rings. The van der Waals surface area contributed by atoms with Crippen LogP contribution >= 0.6 is 11.6 Å². The molecule has 17 heavy (non-hydrogen) atoms. The van der Waals surface area contributed by atoms with E-state index in [0.717, 1.165) is 31.9 Å². The van der Waals surface area contributed by atoms with Crippen LogP contribution in [0.2, 0.25) is 5.02 Å². The summed E-state index contributed by atoms with van der Waals surface area (Å²) in [6.45, 7) is 0.846. The van der Waals surface area contributed by atoms with Crippen molar-refractivity contribution in [2.45, 2.75) is 31.5 Å². The van der Waals surface area contributed by atoms with E-state index in [1.807, 2.05) is 0 Å². The third-order valence-electron chi connectivity index (χ3n) is 2.96. The predicted molar refractivity (Wildman–Crippen MR) is 61.0 cm³/mol. The van der Waals surface area contributed by atoms with Crippen molar-refractivity contribution in [2.75, 3.05) is 6.54 Å². The molecule has 0 bridgehead atoms. The molecule has 0 radical (unpaired) electrons. The maximum atomic E-state index is 12.6. The van der Waals surface area contributed by atoms with Crippen LogP contribution in [-0.2, 0) is 6.18 Å². The molecular formula is C12H13ClF3N. The lowest BCUT2D eigenvalue weighted by molar-refractivity contribution is -0.137. The largest absolute Gasteiger partial charge is 0.416 e. The second kappa shape index (κ2) is 4.86. The molecule has 1 heterocycles. The first-order chi connectivity index (χ1) is 7.97. The number of benzene rings is 1. The van der Waals surface area contributed by atoms with Crippen molar-refractivity contribution >= 4 is 11.6 Å². The lowest BCUT2D eigenvalue weighted by Crippen LogP contribution is -2.27. The van der Waals surface area contributed by atoms with Gasteiger partial charge in [0.2, 0.25) is 0 Å². The molecule has 1 aromatic carbocycles. The van der Waals surface area contributed by atoms with E-state index in [1.54, 1.807) is 6.07 Å². The standard InChI is InChI=1S/C12H13ClF3N/c13-10-6-8(11-3-1-2-4-17-11)5-9(7-10)12(14,15)16/h5-7,11,17H,1-4H2/t11-/m0/s1. The van der Waals surface area contributed by atoms with Gasteiger partial charge in [0.15, 0.2) is 0 Å². The van der Waals surface area contributed by atoms with Gasteiger partial charge in [-0.05, 0) is 43.1 Å². The molecule has 2 rings (SSSR count). The quantitative estimate of drug-likeness (QED) is 0.802. The number of hydrogen-bond acceptors (Lipinski definition) is 1. The number of nitrogens with one attached hydrogen (secondary N) is 1. The van der Waals surface area contributed by atoms with E-state index in [-0.39, 0.29) is 11.1 Å². The molecule has 1 aromatic rings. The van der Waals surface area contributed by atoms with Gasteiger partial charge in [-0.2, -0.15) is 13.2 Å². The van der Waals surface area contributed by atoms with Crippen LogP contribution in [0, 0.1) is 0 Å². The Hall–Kier alpha value is -0.740. The molecular weight excluding hydrogens is 251 g/mol. The molecule has 0 aromatic heterocycles. The molecule has 0 amide bonds. The number of alkyl halides is 3. The number of rotatable bonds is 1. The molecule has 0 spiro atoms. The summed E-state index contributed by atoms with van der Waals surface area (Å²) in [6.07, 6.45) is -1.37. The Morgan fingerprint density at radius 3 is 2.53 bits per heavy atom. The zero-order valence-corrected chi connectivity index (χ0v) is 9.91. The van der Waals surface area contributed by atoms with Gasteiger partial charge in [0, 0.05) is 11.1 Å². The van der Waals surface area contributed by atoms with Crippen molar-refractivity contribution in [3.05, 3.63) is 34.3 Å². The molecule has 94 valence electrons. The molecule has 1 nitrogen and oxygen atoms in total. The lowest BCUT2D eigenvalue weighted by Gasteiger charge is -2.24. The zero-order chi connectivity index (χ0) is 12.5. The first-order valence-corrected chi connectivity index (χ1v) is 5.96. The Morgan fingerprint density at radius 2 is 1.94 bits per heavy atom. The minimum absolute atomic E-state index is 0.0106. The lowest BCUT2D eigenvalue weighted by atomic mass is 9.96. The van der Waals surface area contributed by atoms with Crippen molar-refractivity contribution in [1.82, 2.24) is 5.32 Å². The summed E-state index contributed by atoms with van der Waals surface area (Å²) in [7, 11) is 0. The third-order valence-corrected chi connectivity index (χ3v) is 3.18. The Bertz CT molecular complexity index is 397. The summed E-state index contributed by atoms with van der Waals surface area (Å²) in [6, 6.07) is 3.76. The average molecular weight is 264 g/mol. The minimum atomic E-state index is -4.34. The van der Waals surface area contributed by atoms with Gasteiger partial charge in [0.05, 0.1) is 5.56 Å². The van der Waals surface area contributed by atoms with E-state index in [0.29, 0.717) is 5.56 Å². The molecule has 0 saturated carbocycles. The van der Waals surface area contributed by atoms with Crippen molar-refractivity contribution in [1.29, 1.82) is 0 Å². The molecule has 0 unspecified atom stereocenters. The van der Waals surface area contributed by atoms with Gasteiger partial charge in [-0.1, -0.05) is 18.0 Å². The van der Waals surface area contributed by atoms with E-state index < -0.39 is 11.7 Å². The molecule has 1 N–H and O–H groups in total. The molecule has 1 saturated heterocycles. The van der Waals surface area contributed by atoms with Gasteiger partial charge in [-0.15, -0.1) is 0 Å². The van der Waals surface area contributed by atoms with Crippen LogP contribution < -0.4 is 5.32 Å². The molecule has 1 atom stereocenters. The van der Waals surface area contributed by atoms with Gasteiger partial charge >= 0.3 is 6.18 Å².